The van der Waals surface area contributed by atoms with Crippen molar-refractivity contribution in [1.29, 1.82) is 0 Å². The average Bonchev–Trinajstić information content (AvgIpc) is 2.95. The Balaban J connectivity index is 2.06. The predicted octanol–water partition coefficient (Wildman–Crippen LogP) is 4.05. The van der Waals surface area contributed by atoms with Crippen LogP contribution in [0.15, 0.2) is 29.3 Å². The van der Waals surface area contributed by atoms with Gasteiger partial charge in [0.15, 0.2) is 0 Å². The number of benzene rings is 1. The number of hydrogen-bond acceptors (Lipinski definition) is 5. The van der Waals surface area contributed by atoms with Gasteiger partial charge in [-0.15, -0.1) is 0 Å². The molecule has 3 N–H and O–H groups in total. The van der Waals surface area contributed by atoms with E-state index in [2.05, 4.69) is 15.0 Å². The maximum absolute atomic E-state index is 12.9. The first-order chi connectivity index (χ1) is 11.9. The molecule has 6 nitrogen and oxygen atoms in total. The number of urea groups is 1. The largest absolute Gasteiger partial charge is 0.477 e. The highest BCUT2D eigenvalue weighted by molar-refractivity contribution is 7.98. The molecular formula is C16H18FN3O3S2. The van der Waals surface area contributed by atoms with Crippen molar-refractivity contribution in [2.75, 3.05) is 11.9 Å². The van der Waals surface area contributed by atoms with Gasteiger partial charge in [0, 0.05) is 12.3 Å². The maximum Gasteiger partial charge on any atom is 0.341 e. The number of aromatic carboxylic acids is 1. The summed E-state index contributed by atoms with van der Waals surface area (Å²) in [6.45, 7) is 4.40. The van der Waals surface area contributed by atoms with Gasteiger partial charge in [-0.05, 0) is 35.1 Å². The van der Waals surface area contributed by atoms with Gasteiger partial charge in [-0.2, -0.15) is 4.37 Å². The first-order valence-electron chi connectivity index (χ1n) is 7.52. The molecule has 9 heteroatoms. The maximum atomic E-state index is 12.9. The van der Waals surface area contributed by atoms with Gasteiger partial charge < -0.3 is 10.4 Å². The van der Waals surface area contributed by atoms with Crippen LogP contribution >= 0.6 is 23.3 Å². The Morgan fingerprint density at radius 2 is 2.00 bits per heavy atom. The number of rotatable bonds is 7. The number of halogens is 1. The van der Waals surface area contributed by atoms with Crippen molar-refractivity contribution < 1.29 is 19.1 Å². The monoisotopic (exact) mass is 383 g/mol. The zero-order valence-electron chi connectivity index (χ0n) is 13.7. The van der Waals surface area contributed by atoms with E-state index in [4.69, 9.17) is 0 Å². The normalized spacial score (nSPS) is 10.7. The van der Waals surface area contributed by atoms with E-state index in [1.54, 1.807) is 12.1 Å². The lowest BCUT2D eigenvalue weighted by molar-refractivity contribution is 0.0694. The number of carboxylic acid groups (broad SMARTS) is 1. The van der Waals surface area contributed by atoms with Gasteiger partial charge in [0.25, 0.3) is 0 Å². The number of carboxylic acids is 1. The summed E-state index contributed by atoms with van der Waals surface area (Å²) in [6.07, 6.45) is 0. The number of nitrogens with zero attached hydrogens (tertiary/aromatic N) is 1. The summed E-state index contributed by atoms with van der Waals surface area (Å²) < 4.78 is 17.0. The van der Waals surface area contributed by atoms with Crippen molar-refractivity contribution in [3.8, 4) is 0 Å². The molecule has 0 bridgehead atoms. The summed E-state index contributed by atoms with van der Waals surface area (Å²) in [4.78, 5) is 23.4. The number of carbonyl (C=O) groups excluding carboxylic acids is 1. The molecule has 0 atom stereocenters. The van der Waals surface area contributed by atoms with Crippen LogP contribution in [0.4, 0.5) is 14.2 Å². The molecule has 0 aliphatic carbocycles. The quantitative estimate of drug-likeness (QED) is 0.628. The SMILES string of the molecule is CC(C)CNC(=O)Nc1snc(SCc2ccc(F)cc2)c1C(=O)O. The lowest BCUT2D eigenvalue weighted by Crippen LogP contribution is -2.31. The molecule has 25 heavy (non-hydrogen) atoms. The Bertz CT molecular complexity index is 748. The molecular weight excluding hydrogens is 365 g/mol. The van der Waals surface area contributed by atoms with Crippen LogP contribution in [0.5, 0.6) is 0 Å². The van der Waals surface area contributed by atoms with E-state index in [-0.39, 0.29) is 22.3 Å². The molecule has 2 amide bonds. The molecule has 0 aliphatic rings. The van der Waals surface area contributed by atoms with Crippen molar-refractivity contribution in [2.24, 2.45) is 5.92 Å². The summed E-state index contributed by atoms with van der Waals surface area (Å²) in [7, 11) is 0. The molecule has 2 aromatic rings. The molecule has 0 fully saturated rings. The third-order valence-corrected chi connectivity index (χ3v) is 4.99. The summed E-state index contributed by atoms with van der Waals surface area (Å²) in [6, 6.07) is 5.50. The molecule has 0 radical (unpaired) electrons. The van der Waals surface area contributed by atoms with Crippen LogP contribution in [-0.2, 0) is 5.75 Å². The number of carbonyl (C=O) groups is 2. The zero-order valence-corrected chi connectivity index (χ0v) is 15.3. The van der Waals surface area contributed by atoms with Crippen molar-refractivity contribution in [2.45, 2.75) is 24.6 Å². The minimum absolute atomic E-state index is 0.0307. The molecule has 134 valence electrons. The molecule has 1 aromatic carbocycles. The first kappa shape index (κ1) is 19.2. The molecule has 0 unspecified atom stereocenters. The van der Waals surface area contributed by atoms with Crippen molar-refractivity contribution in [3.05, 3.63) is 41.2 Å². The van der Waals surface area contributed by atoms with E-state index in [9.17, 15) is 19.1 Å². The van der Waals surface area contributed by atoms with Gasteiger partial charge in [-0.25, -0.2) is 14.0 Å². The molecule has 1 heterocycles. The van der Waals surface area contributed by atoms with E-state index in [0.29, 0.717) is 17.3 Å². The van der Waals surface area contributed by atoms with Crippen LogP contribution in [-0.4, -0.2) is 28.0 Å². The Morgan fingerprint density at radius 3 is 2.60 bits per heavy atom. The van der Waals surface area contributed by atoms with Crippen LogP contribution in [0.25, 0.3) is 0 Å². The van der Waals surface area contributed by atoms with Crippen molar-refractivity contribution in [3.63, 3.8) is 0 Å². The predicted molar refractivity (Wildman–Crippen MR) is 96.9 cm³/mol. The van der Waals surface area contributed by atoms with E-state index in [1.807, 2.05) is 13.8 Å². The Labute approximate surface area is 153 Å². The summed E-state index contributed by atoms with van der Waals surface area (Å²) in [5, 5.41) is 15.1. The van der Waals surface area contributed by atoms with Crippen LogP contribution in [0, 0.1) is 11.7 Å². The number of anilines is 1. The molecule has 0 aliphatic heterocycles. The fourth-order valence-electron chi connectivity index (χ4n) is 1.82. The summed E-state index contributed by atoms with van der Waals surface area (Å²) >= 11 is 2.15. The second-order valence-corrected chi connectivity index (χ2v) is 7.38. The minimum Gasteiger partial charge on any atom is -0.477 e. The van der Waals surface area contributed by atoms with Gasteiger partial charge >= 0.3 is 12.0 Å². The van der Waals surface area contributed by atoms with Crippen LogP contribution in [0.1, 0.15) is 29.8 Å². The number of nitrogens with one attached hydrogen (secondary N) is 2. The first-order valence-corrected chi connectivity index (χ1v) is 9.27. The Morgan fingerprint density at radius 1 is 1.32 bits per heavy atom. The van der Waals surface area contributed by atoms with Gasteiger partial charge in [0.1, 0.15) is 21.4 Å². The number of thioether (sulfide) groups is 1. The third-order valence-electron chi connectivity index (χ3n) is 3.06. The second kappa shape index (κ2) is 8.82. The third kappa shape index (κ3) is 5.71. The fourth-order valence-corrected chi connectivity index (χ4v) is 3.72. The van der Waals surface area contributed by atoms with Gasteiger partial charge in [0.2, 0.25) is 0 Å². The molecule has 1 aromatic heterocycles. The average molecular weight is 383 g/mol. The molecule has 0 spiro atoms. The molecule has 0 saturated heterocycles. The number of hydrogen-bond donors (Lipinski definition) is 3. The second-order valence-electron chi connectivity index (χ2n) is 5.64. The van der Waals surface area contributed by atoms with Crippen LogP contribution in [0.2, 0.25) is 0 Å². The highest BCUT2D eigenvalue weighted by Gasteiger charge is 2.22. The number of aromatic nitrogens is 1. The van der Waals surface area contributed by atoms with Crippen LogP contribution in [0.3, 0.4) is 0 Å². The zero-order chi connectivity index (χ0) is 18.4. The standard InChI is InChI=1S/C16H18FN3O3S2/c1-9(2)7-18-16(23)19-13-12(15(21)22)14(20-25-13)24-8-10-3-5-11(17)6-4-10/h3-6,9H,7-8H2,1-2H3,(H,21,22)(H2,18,19,23). The van der Waals surface area contributed by atoms with Gasteiger partial charge in [-0.1, -0.05) is 37.7 Å². The van der Waals surface area contributed by atoms with Crippen molar-refractivity contribution >= 4 is 40.3 Å². The Kier molecular flexibility index (Phi) is 6.77. The van der Waals surface area contributed by atoms with E-state index >= 15 is 0 Å². The smallest absolute Gasteiger partial charge is 0.341 e. The lowest BCUT2D eigenvalue weighted by atomic mass is 10.2. The fraction of sp³-hybridized carbons (Fsp3) is 0.312. The minimum atomic E-state index is -1.16. The highest BCUT2D eigenvalue weighted by atomic mass is 32.2. The van der Waals surface area contributed by atoms with E-state index in [1.165, 1.54) is 23.9 Å². The topological polar surface area (TPSA) is 91.3 Å². The molecule has 2 rings (SSSR count). The van der Waals surface area contributed by atoms with Crippen LogP contribution < -0.4 is 10.6 Å². The lowest BCUT2D eigenvalue weighted by Gasteiger charge is -2.08. The van der Waals surface area contributed by atoms with Gasteiger partial charge in [0.05, 0.1) is 0 Å². The number of amides is 2. The summed E-state index contributed by atoms with van der Waals surface area (Å²) in [5.41, 5.74) is 0.816. The van der Waals surface area contributed by atoms with E-state index < -0.39 is 12.0 Å². The van der Waals surface area contributed by atoms with E-state index in [0.717, 1.165) is 17.1 Å². The van der Waals surface area contributed by atoms with Crippen molar-refractivity contribution in [1.82, 2.24) is 9.69 Å². The Hall–Kier alpha value is -2.13. The van der Waals surface area contributed by atoms with Gasteiger partial charge in [-0.3, -0.25) is 5.32 Å². The highest BCUT2D eigenvalue weighted by Crippen LogP contribution is 2.33. The molecule has 0 saturated carbocycles. The summed E-state index contributed by atoms with van der Waals surface area (Å²) in [5.74, 6) is -0.751.